The lowest BCUT2D eigenvalue weighted by Crippen LogP contribution is -2.13. The molecule has 4 nitrogen and oxygen atoms in total. The molecule has 1 aliphatic carbocycles. The third kappa shape index (κ3) is 3.63. The molecule has 17 heavy (non-hydrogen) atoms. The Labute approximate surface area is 101 Å². The lowest BCUT2D eigenvalue weighted by atomic mass is 10.3. The summed E-state index contributed by atoms with van der Waals surface area (Å²) in [6.07, 6.45) is 4.53. The van der Waals surface area contributed by atoms with Crippen molar-refractivity contribution in [1.82, 2.24) is 9.97 Å². The summed E-state index contributed by atoms with van der Waals surface area (Å²) in [5.74, 6) is 0.682. The van der Waals surface area contributed by atoms with E-state index < -0.39 is 0 Å². The third-order valence-corrected chi connectivity index (χ3v) is 2.79. The molecule has 5 heteroatoms. The predicted molar refractivity (Wildman–Crippen MR) is 63.4 cm³/mol. The summed E-state index contributed by atoms with van der Waals surface area (Å²) in [6, 6.07) is 0. The van der Waals surface area contributed by atoms with Gasteiger partial charge in [0.2, 0.25) is 0 Å². The Kier molecular flexibility index (Phi) is 4.25. The number of hydrogen-bond acceptors (Lipinski definition) is 4. The zero-order chi connectivity index (χ0) is 12.1. The molecule has 0 aliphatic heterocycles. The number of hydrogen-bond donors (Lipinski definition) is 1. The van der Waals surface area contributed by atoms with Crippen molar-refractivity contribution in [2.45, 2.75) is 26.2 Å². The van der Waals surface area contributed by atoms with Gasteiger partial charge in [-0.1, -0.05) is 6.92 Å². The average molecular weight is 239 g/mol. The Morgan fingerprint density at radius 2 is 2.29 bits per heavy atom. The summed E-state index contributed by atoms with van der Waals surface area (Å²) in [6.45, 7) is 3.85. The molecule has 1 saturated carbocycles. The Morgan fingerprint density at radius 3 is 3.00 bits per heavy atom. The summed E-state index contributed by atoms with van der Waals surface area (Å²) in [5.41, 5.74) is 0.446. The van der Waals surface area contributed by atoms with E-state index in [0.29, 0.717) is 25.3 Å². The van der Waals surface area contributed by atoms with Crippen LogP contribution in [0.4, 0.5) is 10.2 Å². The number of nitrogens with zero attached hydrogens (tertiary/aromatic N) is 2. The predicted octanol–water partition coefficient (Wildman–Crippen LogP) is 2.02. The van der Waals surface area contributed by atoms with E-state index in [9.17, 15) is 4.39 Å². The minimum atomic E-state index is -0.350. The van der Waals surface area contributed by atoms with Gasteiger partial charge in [-0.3, -0.25) is 0 Å². The Bertz CT molecular complexity index is 369. The molecule has 0 saturated heterocycles. The van der Waals surface area contributed by atoms with Crippen LogP contribution in [-0.2, 0) is 11.2 Å². The van der Waals surface area contributed by atoms with Crippen LogP contribution in [0.15, 0.2) is 6.33 Å². The van der Waals surface area contributed by atoms with E-state index >= 15 is 0 Å². The average Bonchev–Trinajstić information content (AvgIpc) is 3.15. The first kappa shape index (κ1) is 12.2. The quantitative estimate of drug-likeness (QED) is 0.739. The van der Waals surface area contributed by atoms with E-state index in [2.05, 4.69) is 15.3 Å². The van der Waals surface area contributed by atoms with Gasteiger partial charge >= 0.3 is 0 Å². The number of halogens is 1. The van der Waals surface area contributed by atoms with Crippen molar-refractivity contribution in [3.8, 4) is 0 Å². The number of anilines is 1. The van der Waals surface area contributed by atoms with Crippen LogP contribution in [-0.4, -0.2) is 29.7 Å². The van der Waals surface area contributed by atoms with E-state index in [0.717, 1.165) is 12.5 Å². The Balaban J connectivity index is 1.73. The maximum Gasteiger partial charge on any atom is 0.186 e. The molecule has 0 radical (unpaired) electrons. The topological polar surface area (TPSA) is 47.0 Å². The van der Waals surface area contributed by atoms with Gasteiger partial charge in [0.05, 0.1) is 12.3 Å². The highest BCUT2D eigenvalue weighted by molar-refractivity contribution is 5.37. The first-order chi connectivity index (χ1) is 8.31. The molecule has 1 N–H and O–H groups in total. The van der Waals surface area contributed by atoms with E-state index in [-0.39, 0.29) is 11.6 Å². The molecule has 0 aromatic carbocycles. The minimum absolute atomic E-state index is 0.270. The lowest BCUT2D eigenvalue weighted by molar-refractivity contribution is 0.133. The number of ether oxygens (including phenoxy) is 1. The van der Waals surface area contributed by atoms with Crippen molar-refractivity contribution >= 4 is 5.82 Å². The van der Waals surface area contributed by atoms with E-state index in [1.54, 1.807) is 0 Å². The smallest absolute Gasteiger partial charge is 0.186 e. The number of aryl methyl sites for hydroxylation is 1. The Hall–Kier alpha value is -1.23. The maximum absolute atomic E-state index is 13.7. The molecule has 1 heterocycles. The van der Waals surface area contributed by atoms with Gasteiger partial charge in [0.25, 0.3) is 0 Å². The molecule has 1 aromatic rings. The number of rotatable bonds is 7. The maximum atomic E-state index is 13.7. The fourth-order valence-corrected chi connectivity index (χ4v) is 1.55. The van der Waals surface area contributed by atoms with E-state index in [1.807, 2.05) is 6.92 Å². The number of aromatic nitrogens is 2. The van der Waals surface area contributed by atoms with Crippen LogP contribution in [0.5, 0.6) is 0 Å². The first-order valence-electron chi connectivity index (χ1n) is 6.12. The van der Waals surface area contributed by atoms with Crippen molar-refractivity contribution in [2.24, 2.45) is 5.92 Å². The highest BCUT2D eigenvalue weighted by Gasteiger charge is 2.20. The molecule has 2 rings (SSSR count). The lowest BCUT2D eigenvalue weighted by Gasteiger charge is -2.08. The summed E-state index contributed by atoms with van der Waals surface area (Å²) < 4.78 is 19.1. The fourth-order valence-electron chi connectivity index (χ4n) is 1.55. The summed E-state index contributed by atoms with van der Waals surface area (Å²) in [4.78, 5) is 7.76. The molecule has 0 amide bonds. The van der Waals surface area contributed by atoms with Gasteiger partial charge in [-0.25, -0.2) is 14.4 Å². The fraction of sp³-hybridized carbons (Fsp3) is 0.667. The molecular weight excluding hydrogens is 221 g/mol. The van der Waals surface area contributed by atoms with Gasteiger partial charge in [0.1, 0.15) is 6.33 Å². The van der Waals surface area contributed by atoms with Gasteiger partial charge in [0.15, 0.2) is 11.6 Å². The zero-order valence-corrected chi connectivity index (χ0v) is 10.1. The molecule has 0 bridgehead atoms. The molecule has 1 aliphatic rings. The summed E-state index contributed by atoms with van der Waals surface area (Å²) in [5, 5.41) is 2.93. The Morgan fingerprint density at radius 1 is 1.47 bits per heavy atom. The third-order valence-electron chi connectivity index (χ3n) is 2.79. The normalized spacial score (nSPS) is 14.9. The van der Waals surface area contributed by atoms with Crippen molar-refractivity contribution in [1.29, 1.82) is 0 Å². The SMILES string of the molecule is CCc1ncnc(NCCOCC2CC2)c1F. The zero-order valence-electron chi connectivity index (χ0n) is 10.1. The van der Waals surface area contributed by atoms with Crippen molar-refractivity contribution in [3.05, 3.63) is 17.8 Å². The van der Waals surface area contributed by atoms with Gasteiger partial charge in [-0.2, -0.15) is 0 Å². The van der Waals surface area contributed by atoms with Crippen molar-refractivity contribution in [3.63, 3.8) is 0 Å². The molecule has 0 unspecified atom stereocenters. The molecular formula is C12H18FN3O. The molecule has 0 spiro atoms. The monoisotopic (exact) mass is 239 g/mol. The second kappa shape index (κ2) is 5.91. The van der Waals surface area contributed by atoms with Crippen LogP contribution in [0, 0.1) is 11.7 Å². The van der Waals surface area contributed by atoms with Crippen LogP contribution >= 0.6 is 0 Å². The van der Waals surface area contributed by atoms with Crippen LogP contribution in [0.25, 0.3) is 0 Å². The molecule has 1 fully saturated rings. The van der Waals surface area contributed by atoms with Crippen LogP contribution < -0.4 is 5.32 Å². The molecule has 1 aromatic heterocycles. The van der Waals surface area contributed by atoms with Crippen LogP contribution in [0.1, 0.15) is 25.5 Å². The van der Waals surface area contributed by atoms with E-state index in [1.165, 1.54) is 19.2 Å². The van der Waals surface area contributed by atoms with Crippen molar-refractivity contribution < 1.29 is 9.13 Å². The van der Waals surface area contributed by atoms with Gasteiger partial charge in [0, 0.05) is 13.2 Å². The van der Waals surface area contributed by atoms with Gasteiger partial charge < -0.3 is 10.1 Å². The highest BCUT2D eigenvalue weighted by Crippen LogP contribution is 2.28. The summed E-state index contributed by atoms with van der Waals surface area (Å²) >= 11 is 0. The molecule has 0 atom stereocenters. The van der Waals surface area contributed by atoms with E-state index in [4.69, 9.17) is 4.74 Å². The van der Waals surface area contributed by atoms with Gasteiger partial charge in [-0.05, 0) is 25.2 Å². The number of nitrogens with one attached hydrogen (secondary N) is 1. The van der Waals surface area contributed by atoms with Crippen LogP contribution in [0.3, 0.4) is 0 Å². The first-order valence-corrected chi connectivity index (χ1v) is 6.12. The summed E-state index contributed by atoms with van der Waals surface area (Å²) in [7, 11) is 0. The van der Waals surface area contributed by atoms with Crippen LogP contribution in [0.2, 0.25) is 0 Å². The molecule has 94 valence electrons. The standard InChI is InChI=1S/C12H18FN3O/c1-2-10-11(13)12(16-8-15-10)14-5-6-17-7-9-3-4-9/h8-9H,2-7H2,1H3,(H,14,15,16). The second-order valence-electron chi connectivity index (χ2n) is 4.28. The highest BCUT2D eigenvalue weighted by atomic mass is 19.1. The largest absolute Gasteiger partial charge is 0.379 e. The van der Waals surface area contributed by atoms with Gasteiger partial charge in [-0.15, -0.1) is 0 Å². The minimum Gasteiger partial charge on any atom is -0.379 e. The van der Waals surface area contributed by atoms with Crippen molar-refractivity contribution in [2.75, 3.05) is 25.1 Å². The second-order valence-corrected chi connectivity index (χ2v) is 4.28.